The van der Waals surface area contributed by atoms with Crippen molar-refractivity contribution in [3.05, 3.63) is 82.9 Å². The molecule has 5 N–H and O–H groups in total. The number of carboxylic acid groups (broad SMARTS) is 1. The number of carboxylic acids is 1. The van der Waals surface area contributed by atoms with Crippen LogP contribution < -0.4 is 5.32 Å². The molecular formula is C46H57NO15. The minimum atomic E-state index is -2.26. The van der Waals surface area contributed by atoms with Gasteiger partial charge in [-0.05, 0) is 63.5 Å². The summed E-state index contributed by atoms with van der Waals surface area (Å²) in [6.07, 6.45) is -11.8. The first-order valence-electron chi connectivity index (χ1n) is 20.7. The summed E-state index contributed by atoms with van der Waals surface area (Å²) in [5, 5.41) is 49.5. The molecule has 3 fully saturated rings. The molecule has 1 aliphatic heterocycles. The topological polar surface area (TPSA) is 242 Å². The molecular weight excluding hydrogens is 806 g/mol. The van der Waals surface area contributed by atoms with E-state index >= 15 is 0 Å². The number of aliphatic carboxylic acids is 1. The van der Waals surface area contributed by atoms with E-state index in [0.717, 1.165) is 0 Å². The summed E-state index contributed by atoms with van der Waals surface area (Å²) in [6.45, 7) is 12.9. The van der Waals surface area contributed by atoms with Crippen LogP contribution in [0.15, 0.2) is 71.8 Å². The van der Waals surface area contributed by atoms with E-state index in [4.69, 9.17) is 23.7 Å². The smallest absolute Gasteiger partial charge is 0.408 e. The van der Waals surface area contributed by atoms with Crippen LogP contribution in [0.1, 0.15) is 103 Å². The third kappa shape index (κ3) is 8.25. The van der Waals surface area contributed by atoms with E-state index in [-0.39, 0.29) is 35.3 Å². The maximum Gasteiger partial charge on any atom is 0.408 e. The van der Waals surface area contributed by atoms with Gasteiger partial charge in [0.15, 0.2) is 5.78 Å². The van der Waals surface area contributed by atoms with Crippen LogP contribution in [0.3, 0.4) is 0 Å². The van der Waals surface area contributed by atoms with Gasteiger partial charge in [-0.1, -0.05) is 69.3 Å². The highest BCUT2D eigenvalue weighted by Crippen LogP contribution is 2.65. The fourth-order valence-electron chi connectivity index (χ4n) is 10.1. The zero-order valence-corrected chi connectivity index (χ0v) is 36.2. The number of rotatable bonds is 11. The number of aliphatic hydroxyl groups is 3. The highest BCUT2D eigenvalue weighted by molar-refractivity contribution is 5.94. The van der Waals surface area contributed by atoms with Crippen molar-refractivity contribution >= 4 is 35.8 Å². The average molecular weight is 864 g/mol. The lowest BCUT2D eigenvalue weighted by Gasteiger charge is -2.68. The van der Waals surface area contributed by atoms with Crippen molar-refractivity contribution < 1.29 is 72.9 Å². The van der Waals surface area contributed by atoms with Gasteiger partial charge in [0.25, 0.3) is 0 Å². The zero-order chi connectivity index (χ0) is 45.7. The van der Waals surface area contributed by atoms with Crippen LogP contribution in [-0.2, 0) is 42.9 Å². The number of ketones is 1. The van der Waals surface area contributed by atoms with E-state index in [0.29, 0.717) is 0 Å². The standard InChI is InChI=1S/C46H57NO15/c1-24-27(59-40(55)35(60-31(51)20-19-30(49)50)33(25-15-11-9-12-16-25)47-41(56)62-42(2,3)4)22-46(57)38(61-39(54)26-17-13-10-14-18-26)36-44(7)23-58-29(44)21-28(48)45(36,8)37(53)34(52)32(24)43(46,5)6/h9-18,27-29,33-36,38,48,52,57H,19-23H2,1-8H3,(H,47,56)(H,49,50)/t27-,28-,29+,33+,34+,35+,36+,38-,44+,45+,46+/m0/s1. The van der Waals surface area contributed by atoms with E-state index in [1.165, 1.54) is 26.0 Å². The van der Waals surface area contributed by atoms with Gasteiger partial charge in [0.2, 0.25) is 6.10 Å². The number of carbonyl (C=O) groups is 6. The highest BCUT2D eigenvalue weighted by atomic mass is 16.6. The van der Waals surface area contributed by atoms with E-state index in [2.05, 4.69) is 5.32 Å². The van der Waals surface area contributed by atoms with E-state index < -0.39 is 131 Å². The number of ether oxygens (including phenoxy) is 5. The maximum absolute atomic E-state index is 15.0. The normalized spacial score (nSPS) is 32.2. The fourth-order valence-corrected chi connectivity index (χ4v) is 10.1. The fraction of sp³-hybridized carbons (Fsp3) is 0.565. The number of nitrogens with one attached hydrogen (secondary N) is 1. The predicted molar refractivity (Wildman–Crippen MR) is 218 cm³/mol. The Morgan fingerprint density at radius 2 is 1.53 bits per heavy atom. The molecule has 0 spiro atoms. The van der Waals surface area contributed by atoms with Crippen LogP contribution >= 0.6 is 0 Å². The van der Waals surface area contributed by atoms with Gasteiger partial charge >= 0.3 is 30.0 Å². The van der Waals surface area contributed by atoms with Crippen LogP contribution in [0, 0.1) is 22.2 Å². The van der Waals surface area contributed by atoms with Gasteiger partial charge in [-0.2, -0.15) is 0 Å². The molecule has 2 aromatic rings. The Hall–Kier alpha value is -5.16. The van der Waals surface area contributed by atoms with Gasteiger partial charge in [0.05, 0.1) is 42.6 Å². The molecule has 16 heteroatoms. The molecule has 1 heterocycles. The molecule has 4 aliphatic rings. The minimum Gasteiger partial charge on any atom is -0.481 e. The Morgan fingerprint density at radius 3 is 2.10 bits per heavy atom. The molecule has 1 amide bonds. The summed E-state index contributed by atoms with van der Waals surface area (Å²) in [5.74, 6) is -6.47. The van der Waals surface area contributed by atoms with Crippen molar-refractivity contribution in [3.8, 4) is 0 Å². The molecule has 0 aromatic heterocycles. The van der Waals surface area contributed by atoms with Crippen molar-refractivity contribution in [2.24, 2.45) is 22.2 Å². The maximum atomic E-state index is 15.0. The van der Waals surface area contributed by atoms with Gasteiger partial charge in [0.1, 0.15) is 35.6 Å². The zero-order valence-electron chi connectivity index (χ0n) is 36.2. The lowest BCUT2D eigenvalue weighted by molar-refractivity contribution is -0.313. The minimum absolute atomic E-state index is 0.0356. The lowest BCUT2D eigenvalue weighted by Crippen LogP contribution is -2.77. The molecule has 2 bridgehead atoms. The Morgan fingerprint density at radius 1 is 0.919 bits per heavy atom. The van der Waals surface area contributed by atoms with E-state index in [1.807, 2.05) is 6.92 Å². The number of alkyl carbamates (subject to hydrolysis) is 1. The number of benzene rings is 2. The summed E-state index contributed by atoms with van der Waals surface area (Å²) < 4.78 is 29.6. The lowest BCUT2D eigenvalue weighted by atomic mass is 9.42. The summed E-state index contributed by atoms with van der Waals surface area (Å²) in [5.41, 5.74) is -7.08. The van der Waals surface area contributed by atoms with Gasteiger partial charge in [-0.3, -0.25) is 14.4 Å². The number of hydrogen-bond donors (Lipinski definition) is 5. The van der Waals surface area contributed by atoms with Gasteiger partial charge in [0, 0.05) is 29.6 Å². The average Bonchev–Trinajstić information content (AvgIpc) is 3.20. The summed E-state index contributed by atoms with van der Waals surface area (Å²) >= 11 is 0. The van der Waals surface area contributed by atoms with Crippen molar-refractivity contribution in [1.82, 2.24) is 5.32 Å². The molecule has 62 heavy (non-hydrogen) atoms. The number of Topliss-reactive ketones (excluding diaryl/α,β-unsaturated/α-hetero) is 1. The molecule has 6 rings (SSSR count). The van der Waals surface area contributed by atoms with Gasteiger partial charge < -0.3 is 49.4 Å². The molecule has 11 atom stereocenters. The van der Waals surface area contributed by atoms with Crippen molar-refractivity contribution in [2.45, 2.75) is 135 Å². The SMILES string of the molecule is CC1=C2[C@@H](O)C(=O)[C@@]3(C)[C@H]([C@H](OC(=O)c4ccccc4)[C@](O)(C[C@@H]1OC(=O)[C@H](OC(=O)CCC(=O)O)[C@H](NC(=O)OC(C)(C)C)c1ccccc1)C2(C)C)[C@]1(C)CO[C@@H]1C[C@@H]3O. The Balaban J connectivity index is 1.49. The van der Waals surface area contributed by atoms with Crippen molar-refractivity contribution in [1.29, 1.82) is 0 Å². The molecule has 336 valence electrons. The summed E-state index contributed by atoms with van der Waals surface area (Å²) in [4.78, 5) is 81.8. The molecule has 0 unspecified atom stereocenters. The summed E-state index contributed by atoms with van der Waals surface area (Å²) in [7, 11) is 0. The predicted octanol–water partition coefficient (Wildman–Crippen LogP) is 4.38. The number of amides is 1. The first kappa shape index (κ1) is 46.3. The molecule has 1 saturated heterocycles. The van der Waals surface area contributed by atoms with Crippen LogP contribution in [-0.4, -0.2) is 111 Å². The second-order valence-electron chi connectivity index (χ2n) is 18.9. The number of carbonyl (C=O) groups excluding carboxylic acids is 5. The second-order valence-corrected chi connectivity index (χ2v) is 18.9. The number of esters is 3. The largest absolute Gasteiger partial charge is 0.481 e. The van der Waals surface area contributed by atoms with E-state index in [1.54, 1.807) is 83.1 Å². The molecule has 2 aromatic carbocycles. The quantitative estimate of drug-likeness (QED) is 0.120. The highest BCUT2D eigenvalue weighted by Gasteiger charge is 2.75. The third-order valence-corrected chi connectivity index (χ3v) is 13.5. The van der Waals surface area contributed by atoms with Crippen LogP contribution in [0.5, 0.6) is 0 Å². The molecule has 0 radical (unpaired) electrons. The first-order chi connectivity index (χ1) is 28.9. The van der Waals surface area contributed by atoms with Crippen LogP contribution in [0.2, 0.25) is 0 Å². The van der Waals surface area contributed by atoms with Gasteiger partial charge in [-0.15, -0.1) is 0 Å². The van der Waals surface area contributed by atoms with Crippen molar-refractivity contribution in [2.75, 3.05) is 6.61 Å². The van der Waals surface area contributed by atoms with Gasteiger partial charge in [-0.25, -0.2) is 14.4 Å². The Kier molecular flexibility index (Phi) is 12.6. The number of fused-ring (bicyclic) bond motifs is 5. The first-order valence-corrected chi connectivity index (χ1v) is 20.7. The summed E-state index contributed by atoms with van der Waals surface area (Å²) in [6, 6.07) is 14.5. The molecule has 16 nitrogen and oxygen atoms in total. The van der Waals surface area contributed by atoms with Crippen LogP contribution in [0.25, 0.3) is 0 Å². The number of aliphatic hydroxyl groups excluding tert-OH is 2. The third-order valence-electron chi connectivity index (χ3n) is 13.5. The molecule has 3 aliphatic carbocycles. The molecule has 2 saturated carbocycles. The van der Waals surface area contributed by atoms with Crippen LogP contribution in [0.4, 0.5) is 4.79 Å². The Bertz CT molecular complexity index is 2110. The monoisotopic (exact) mass is 863 g/mol. The second kappa shape index (κ2) is 16.8. The Labute approximate surface area is 359 Å². The van der Waals surface area contributed by atoms with Crippen molar-refractivity contribution in [3.63, 3.8) is 0 Å². The van der Waals surface area contributed by atoms with E-state index in [9.17, 15) is 49.2 Å². The number of hydrogen-bond acceptors (Lipinski definition) is 14.